The number of fused-ring (bicyclic) bond motifs is 3. The second-order valence-electron chi connectivity index (χ2n) is 5.99. The summed E-state index contributed by atoms with van der Waals surface area (Å²) in [4.78, 5) is 4.26. The number of aliphatic hydroxyl groups is 1. The number of aliphatic hydroxyl groups excluding tert-OH is 1. The quantitative estimate of drug-likeness (QED) is 0.532. The fourth-order valence-electron chi connectivity index (χ4n) is 3.15. The summed E-state index contributed by atoms with van der Waals surface area (Å²) in [7, 11) is 0. The zero-order chi connectivity index (χ0) is 17.4. The lowest BCUT2D eigenvalue weighted by Gasteiger charge is -2.25. The average Bonchev–Trinajstić information content (AvgIpc) is 2.94. The molecule has 0 saturated carbocycles. The van der Waals surface area contributed by atoms with Crippen LogP contribution >= 0.6 is 15.9 Å². The van der Waals surface area contributed by atoms with Crippen LogP contribution in [0.15, 0.2) is 71.5 Å². The molecule has 4 rings (SSSR count). The third kappa shape index (κ3) is 2.90. The van der Waals surface area contributed by atoms with Crippen molar-refractivity contribution in [2.45, 2.75) is 19.3 Å². The van der Waals surface area contributed by atoms with E-state index in [1.165, 1.54) is 0 Å². The second-order valence-corrected chi connectivity index (χ2v) is 6.90. The lowest BCUT2D eigenvalue weighted by Crippen LogP contribution is -2.26. The normalized spacial score (nSPS) is 13.9. The van der Waals surface area contributed by atoms with Gasteiger partial charge in [0, 0.05) is 27.6 Å². The first kappa shape index (κ1) is 16.1. The molecule has 0 aliphatic heterocycles. The van der Waals surface area contributed by atoms with E-state index in [2.05, 4.69) is 27.0 Å². The predicted molar refractivity (Wildman–Crippen MR) is 103 cm³/mol. The molecular weight excluding hydrogens is 380 g/mol. The number of ether oxygens (including phenoxy) is 1. The number of para-hydroxylation sites is 1. The molecule has 0 aliphatic rings. The molecule has 2 atom stereocenters. The van der Waals surface area contributed by atoms with Crippen molar-refractivity contribution in [2.75, 3.05) is 0 Å². The number of halogens is 1. The van der Waals surface area contributed by atoms with Crippen molar-refractivity contribution in [3.63, 3.8) is 0 Å². The van der Waals surface area contributed by atoms with E-state index < -0.39 is 12.3 Å². The second kappa shape index (κ2) is 6.50. The van der Waals surface area contributed by atoms with Gasteiger partial charge in [-0.25, -0.2) is 0 Å². The summed E-state index contributed by atoms with van der Waals surface area (Å²) in [5, 5.41) is 12.5. The Morgan fingerprint density at radius 3 is 2.56 bits per heavy atom. The summed E-state index contributed by atoms with van der Waals surface area (Å²) in [5.74, 6) is 0.717. The molecule has 0 aliphatic carbocycles. The van der Waals surface area contributed by atoms with E-state index in [4.69, 9.17) is 4.74 Å². The van der Waals surface area contributed by atoms with Gasteiger partial charge in [0.1, 0.15) is 11.9 Å². The maximum Gasteiger partial charge on any atom is 0.202 e. The van der Waals surface area contributed by atoms with Crippen LogP contribution in [-0.4, -0.2) is 20.8 Å². The van der Waals surface area contributed by atoms with E-state index in [9.17, 15) is 5.11 Å². The molecule has 126 valence electrons. The van der Waals surface area contributed by atoms with Crippen molar-refractivity contribution in [1.29, 1.82) is 0 Å². The standard InChI is InChI=1S/C20H17BrN2O2/c1-13(24)20(25-15-5-3-2-4-6-15)23-18-8-7-14(21)11-16(18)17-12-22-10-9-19(17)23/h2-13,20,24H,1H3. The Morgan fingerprint density at radius 2 is 1.80 bits per heavy atom. The summed E-state index contributed by atoms with van der Waals surface area (Å²) in [5.41, 5.74) is 1.97. The first-order chi connectivity index (χ1) is 12.1. The molecule has 0 bridgehead atoms. The first-order valence-electron chi connectivity index (χ1n) is 8.08. The van der Waals surface area contributed by atoms with E-state index in [0.717, 1.165) is 32.0 Å². The highest BCUT2D eigenvalue weighted by Gasteiger charge is 2.24. The largest absolute Gasteiger partial charge is 0.467 e. The SMILES string of the molecule is CC(O)C(Oc1ccccc1)n1c2ccncc2c2cc(Br)ccc21. The van der Waals surface area contributed by atoms with Crippen LogP contribution in [0.5, 0.6) is 5.75 Å². The molecule has 4 aromatic rings. The number of benzene rings is 2. The molecule has 0 saturated heterocycles. The van der Waals surface area contributed by atoms with Crippen LogP contribution < -0.4 is 4.74 Å². The Hall–Kier alpha value is -2.37. The number of rotatable bonds is 4. The Labute approximate surface area is 153 Å². The molecular formula is C20H17BrN2O2. The number of aromatic nitrogens is 2. The Kier molecular flexibility index (Phi) is 4.19. The average molecular weight is 397 g/mol. The fourth-order valence-corrected chi connectivity index (χ4v) is 3.51. The third-order valence-corrected chi connectivity index (χ3v) is 4.73. The van der Waals surface area contributed by atoms with Gasteiger partial charge >= 0.3 is 0 Å². The summed E-state index contributed by atoms with van der Waals surface area (Å²) in [6.45, 7) is 1.74. The predicted octanol–water partition coefficient (Wildman–Crippen LogP) is 4.91. The van der Waals surface area contributed by atoms with Gasteiger partial charge in [-0.1, -0.05) is 34.1 Å². The Morgan fingerprint density at radius 1 is 1.04 bits per heavy atom. The Bertz CT molecular complexity index is 1030. The van der Waals surface area contributed by atoms with Gasteiger partial charge in [0.25, 0.3) is 0 Å². The van der Waals surface area contributed by atoms with Gasteiger partial charge in [-0.2, -0.15) is 0 Å². The van der Waals surface area contributed by atoms with E-state index >= 15 is 0 Å². The number of pyridine rings is 1. The monoisotopic (exact) mass is 396 g/mol. The molecule has 2 unspecified atom stereocenters. The van der Waals surface area contributed by atoms with Gasteiger partial charge < -0.3 is 14.4 Å². The van der Waals surface area contributed by atoms with Gasteiger partial charge in [-0.15, -0.1) is 0 Å². The highest BCUT2D eigenvalue weighted by molar-refractivity contribution is 9.10. The molecule has 1 N–H and O–H groups in total. The summed E-state index contributed by atoms with van der Waals surface area (Å²) >= 11 is 3.54. The lowest BCUT2D eigenvalue weighted by molar-refractivity contribution is 0.00672. The van der Waals surface area contributed by atoms with Crippen molar-refractivity contribution >= 4 is 37.7 Å². The zero-order valence-electron chi connectivity index (χ0n) is 13.6. The fraction of sp³-hybridized carbons (Fsp3) is 0.150. The minimum Gasteiger partial charge on any atom is -0.467 e. The van der Waals surface area contributed by atoms with Gasteiger partial charge in [-0.3, -0.25) is 4.98 Å². The van der Waals surface area contributed by atoms with Crippen LogP contribution in [0.2, 0.25) is 0 Å². The molecule has 0 radical (unpaired) electrons. The van der Waals surface area contributed by atoms with Crippen LogP contribution in [0, 0.1) is 0 Å². The van der Waals surface area contributed by atoms with Crippen LogP contribution in [0.25, 0.3) is 21.8 Å². The molecule has 5 heteroatoms. The van der Waals surface area contributed by atoms with Crippen LogP contribution in [0.4, 0.5) is 0 Å². The lowest BCUT2D eigenvalue weighted by atomic mass is 10.2. The van der Waals surface area contributed by atoms with Crippen LogP contribution in [0.1, 0.15) is 13.2 Å². The minimum atomic E-state index is -0.698. The smallest absolute Gasteiger partial charge is 0.202 e. The third-order valence-electron chi connectivity index (χ3n) is 4.23. The summed E-state index contributed by atoms with van der Waals surface area (Å²) < 4.78 is 9.19. The summed E-state index contributed by atoms with van der Waals surface area (Å²) in [6, 6.07) is 17.6. The maximum atomic E-state index is 10.4. The van der Waals surface area contributed by atoms with Crippen LogP contribution in [0.3, 0.4) is 0 Å². The zero-order valence-corrected chi connectivity index (χ0v) is 15.2. The molecule has 2 aromatic heterocycles. The molecule has 25 heavy (non-hydrogen) atoms. The Balaban J connectivity index is 1.95. The van der Waals surface area contributed by atoms with Crippen molar-refractivity contribution in [1.82, 2.24) is 9.55 Å². The van der Waals surface area contributed by atoms with Gasteiger partial charge in [0.15, 0.2) is 0 Å². The van der Waals surface area contributed by atoms with E-state index in [1.807, 2.05) is 59.3 Å². The minimum absolute atomic E-state index is 0.550. The first-order valence-corrected chi connectivity index (χ1v) is 8.87. The van der Waals surface area contributed by atoms with Crippen molar-refractivity contribution < 1.29 is 9.84 Å². The number of hydrogen-bond donors (Lipinski definition) is 1. The van der Waals surface area contributed by atoms with Crippen LogP contribution in [-0.2, 0) is 0 Å². The van der Waals surface area contributed by atoms with Crippen molar-refractivity contribution in [3.8, 4) is 5.75 Å². The highest BCUT2D eigenvalue weighted by Crippen LogP contribution is 2.35. The highest BCUT2D eigenvalue weighted by atomic mass is 79.9. The molecule has 0 amide bonds. The topological polar surface area (TPSA) is 47.3 Å². The molecule has 2 aromatic carbocycles. The van der Waals surface area contributed by atoms with Crippen molar-refractivity contribution in [2.24, 2.45) is 0 Å². The summed E-state index contributed by atoms with van der Waals surface area (Å²) in [6.07, 6.45) is 2.36. The molecule has 4 nitrogen and oxygen atoms in total. The van der Waals surface area contributed by atoms with Gasteiger partial charge in [0.05, 0.1) is 11.0 Å². The van der Waals surface area contributed by atoms with E-state index in [1.54, 1.807) is 13.1 Å². The number of hydrogen-bond acceptors (Lipinski definition) is 3. The van der Waals surface area contributed by atoms with E-state index in [0.29, 0.717) is 0 Å². The maximum absolute atomic E-state index is 10.4. The molecule has 0 fully saturated rings. The van der Waals surface area contributed by atoms with E-state index in [-0.39, 0.29) is 0 Å². The van der Waals surface area contributed by atoms with Gasteiger partial charge in [0.2, 0.25) is 6.23 Å². The molecule has 2 heterocycles. The van der Waals surface area contributed by atoms with Gasteiger partial charge in [-0.05, 0) is 43.3 Å². The molecule has 0 spiro atoms. The van der Waals surface area contributed by atoms with Crippen molar-refractivity contribution in [3.05, 3.63) is 71.5 Å². The number of nitrogens with zero attached hydrogens (tertiary/aromatic N) is 2.